The molecular formula is C10H14N2. The molecule has 1 heterocycles. The molecule has 1 aromatic rings. The zero-order valence-electron chi connectivity index (χ0n) is 7.59. The molecule has 64 valence electrons. The van der Waals surface area contributed by atoms with Crippen molar-refractivity contribution in [1.29, 1.82) is 0 Å². The molecule has 2 heteroatoms. The molecule has 1 N–H and O–H groups in total. The van der Waals surface area contributed by atoms with Crippen molar-refractivity contribution in [3.63, 3.8) is 0 Å². The topological polar surface area (TPSA) is 28.7 Å². The Balaban J connectivity index is 2.62. The molecule has 0 amide bonds. The molecule has 12 heavy (non-hydrogen) atoms. The van der Waals surface area contributed by atoms with Crippen molar-refractivity contribution >= 4 is 11.6 Å². The Morgan fingerprint density at radius 2 is 2.50 bits per heavy atom. The zero-order valence-corrected chi connectivity index (χ0v) is 7.59. The molecule has 0 spiro atoms. The second kappa shape index (κ2) is 2.77. The number of nitrogens with zero attached hydrogens (tertiary/aromatic N) is 1. The second-order valence-corrected chi connectivity index (χ2v) is 3.48. The van der Waals surface area contributed by atoms with Gasteiger partial charge >= 0.3 is 0 Å². The van der Waals surface area contributed by atoms with Crippen LogP contribution in [0.4, 0.5) is 0 Å². The van der Waals surface area contributed by atoms with Gasteiger partial charge in [0.05, 0.1) is 17.0 Å². The molecule has 0 aromatic carbocycles. The van der Waals surface area contributed by atoms with Crippen LogP contribution in [0.2, 0.25) is 0 Å². The minimum atomic E-state index is 0.706. The van der Waals surface area contributed by atoms with E-state index in [1.165, 1.54) is 29.1 Å². The van der Waals surface area contributed by atoms with E-state index in [0.717, 1.165) is 0 Å². The van der Waals surface area contributed by atoms with Crippen LogP contribution in [0.3, 0.4) is 0 Å². The SMILES string of the molecule is CC[C@H]1C=c2[nH]cnc2=C(C)C1. The summed E-state index contributed by atoms with van der Waals surface area (Å²) in [7, 11) is 0. The number of fused-ring (bicyclic) bond motifs is 1. The molecule has 0 aliphatic heterocycles. The van der Waals surface area contributed by atoms with E-state index in [1.54, 1.807) is 6.33 Å². The van der Waals surface area contributed by atoms with Gasteiger partial charge in [-0.1, -0.05) is 13.0 Å². The molecule has 0 fully saturated rings. The number of aromatic amines is 1. The molecular weight excluding hydrogens is 148 g/mol. The predicted octanol–water partition coefficient (Wildman–Crippen LogP) is 0.791. The Kier molecular flexibility index (Phi) is 1.75. The van der Waals surface area contributed by atoms with Gasteiger partial charge in [-0.25, -0.2) is 4.98 Å². The number of hydrogen-bond donors (Lipinski definition) is 1. The standard InChI is InChI=1S/C10H14N2/c1-3-8-4-7(2)10-9(5-8)11-6-12-10/h5-6,8H,3-4H2,1-2H3,(H,11,12)/t8-/m1/s1. The van der Waals surface area contributed by atoms with Crippen LogP contribution in [0.15, 0.2) is 6.33 Å². The average Bonchev–Trinajstić information content (AvgIpc) is 2.52. The number of H-pyrrole nitrogens is 1. The van der Waals surface area contributed by atoms with Gasteiger partial charge in [-0.2, -0.15) is 0 Å². The summed E-state index contributed by atoms with van der Waals surface area (Å²) in [5.41, 5.74) is 1.42. The molecule has 0 bridgehead atoms. The molecule has 2 nitrogen and oxygen atoms in total. The van der Waals surface area contributed by atoms with Gasteiger partial charge in [-0.3, -0.25) is 0 Å². The largest absolute Gasteiger partial charge is 0.345 e. The second-order valence-electron chi connectivity index (χ2n) is 3.48. The summed E-state index contributed by atoms with van der Waals surface area (Å²) in [4.78, 5) is 7.45. The normalized spacial score (nSPS) is 21.8. The van der Waals surface area contributed by atoms with E-state index in [0.29, 0.717) is 5.92 Å². The van der Waals surface area contributed by atoms with Crippen molar-refractivity contribution in [3.05, 3.63) is 17.0 Å². The predicted molar refractivity (Wildman–Crippen MR) is 49.8 cm³/mol. The van der Waals surface area contributed by atoms with Crippen LogP contribution in [-0.4, -0.2) is 9.97 Å². The Morgan fingerprint density at radius 1 is 1.67 bits per heavy atom. The van der Waals surface area contributed by atoms with Crippen LogP contribution in [0.5, 0.6) is 0 Å². The maximum Gasteiger partial charge on any atom is 0.0931 e. The fourth-order valence-corrected chi connectivity index (χ4v) is 1.82. The van der Waals surface area contributed by atoms with E-state index in [4.69, 9.17) is 0 Å². The van der Waals surface area contributed by atoms with E-state index in [-0.39, 0.29) is 0 Å². The maximum atomic E-state index is 4.28. The van der Waals surface area contributed by atoms with Crippen LogP contribution in [0.25, 0.3) is 11.6 Å². The Morgan fingerprint density at radius 3 is 3.25 bits per heavy atom. The summed E-state index contributed by atoms with van der Waals surface area (Å²) in [5.74, 6) is 0.706. The van der Waals surface area contributed by atoms with Crippen LogP contribution >= 0.6 is 0 Å². The molecule has 0 saturated heterocycles. The lowest BCUT2D eigenvalue weighted by Gasteiger charge is -2.12. The fourth-order valence-electron chi connectivity index (χ4n) is 1.82. The van der Waals surface area contributed by atoms with Gasteiger partial charge in [0.15, 0.2) is 0 Å². The lowest BCUT2D eigenvalue weighted by Crippen LogP contribution is -2.31. The van der Waals surface area contributed by atoms with E-state index in [9.17, 15) is 0 Å². The van der Waals surface area contributed by atoms with Crippen molar-refractivity contribution in [2.45, 2.75) is 26.7 Å². The summed E-state index contributed by atoms with van der Waals surface area (Å²) in [6, 6.07) is 0. The molecule has 1 aliphatic rings. The minimum Gasteiger partial charge on any atom is -0.345 e. The van der Waals surface area contributed by atoms with Crippen molar-refractivity contribution in [1.82, 2.24) is 9.97 Å². The first-order valence-corrected chi connectivity index (χ1v) is 4.52. The number of imidazole rings is 1. The van der Waals surface area contributed by atoms with Gasteiger partial charge in [-0.15, -0.1) is 0 Å². The molecule has 1 aliphatic carbocycles. The first-order chi connectivity index (χ1) is 5.81. The number of rotatable bonds is 1. The first-order valence-electron chi connectivity index (χ1n) is 4.52. The number of hydrogen-bond acceptors (Lipinski definition) is 1. The van der Waals surface area contributed by atoms with E-state index < -0.39 is 0 Å². The smallest absolute Gasteiger partial charge is 0.0931 e. The third-order valence-electron chi connectivity index (χ3n) is 2.57. The molecule has 2 rings (SSSR count). The summed E-state index contributed by atoms with van der Waals surface area (Å²) < 4.78 is 0. The first kappa shape index (κ1) is 7.59. The van der Waals surface area contributed by atoms with Crippen molar-refractivity contribution in [3.8, 4) is 0 Å². The van der Waals surface area contributed by atoms with Gasteiger partial charge in [-0.05, 0) is 31.3 Å². The highest BCUT2D eigenvalue weighted by atomic mass is 14.9. The molecule has 1 aromatic heterocycles. The average molecular weight is 162 g/mol. The van der Waals surface area contributed by atoms with E-state index in [2.05, 4.69) is 29.9 Å². The highest BCUT2D eigenvalue weighted by molar-refractivity contribution is 5.47. The summed E-state index contributed by atoms with van der Waals surface area (Å²) >= 11 is 0. The van der Waals surface area contributed by atoms with Crippen LogP contribution < -0.4 is 10.7 Å². The Labute approximate surface area is 72.0 Å². The third kappa shape index (κ3) is 1.07. The molecule has 1 atom stereocenters. The summed E-state index contributed by atoms with van der Waals surface area (Å²) in [6.07, 6.45) is 6.47. The summed E-state index contributed by atoms with van der Waals surface area (Å²) in [5, 5.41) is 2.38. The molecule has 0 radical (unpaired) electrons. The molecule has 0 saturated carbocycles. The van der Waals surface area contributed by atoms with Gasteiger partial charge in [0.2, 0.25) is 0 Å². The quantitative estimate of drug-likeness (QED) is 0.650. The van der Waals surface area contributed by atoms with Gasteiger partial charge in [0, 0.05) is 0 Å². The Hall–Kier alpha value is -1.05. The van der Waals surface area contributed by atoms with Crippen molar-refractivity contribution in [2.24, 2.45) is 5.92 Å². The summed E-state index contributed by atoms with van der Waals surface area (Å²) in [6.45, 7) is 4.41. The fraction of sp³-hybridized carbons (Fsp3) is 0.500. The highest BCUT2D eigenvalue weighted by Crippen LogP contribution is 2.17. The monoisotopic (exact) mass is 162 g/mol. The minimum absolute atomic E-state index is 0.706. The van der Waals surface area contributed by atoms with Crippen molar-refractivity contribution < 1.29 is 0 Å². The lowest BCUT2D eigenvalue weighted by molar-refractivity contribution is 0.667. The lowest BCUT2D eigenvalue weighted by atomic mass is 9.94. The van der Waals surface area contributed by atoms with Gasteiger partial charge in [0.25, 0.3) is 0 Å². The van der Waals surface area contributed by atoms with E-state index >= 15 is 0 Å². The van der Waals surface area contributed by atoms with Crippen LogP contribution in [-0.2, 0) is 0 Å². The van der Waals surface area contributed by atoms with Crippen LogP contribution in [0, 0.1) is 5.92 Å². The van der Waals surface area contributed by atoms with E-state index in [1.807, 2.05) is 0 Å². The highest BCUT2D eigenvalue weighted by Gasteiger charge is 2.10. The number of nitrogens with one attached hydrogen (secondary N) is 1. The van der Waals surface area contributed by atoms with Gasteiger partial charge in [0.1, 0.15) is 0 Å². The van der Waals surface area contributed by atoms with Crippen LogP contribution in [0.1, 0.15) is 26.7 Å². The van der Waals surface area contributed by atoms with Crippen molar-refractivity contribution in [2.75, 3.05) is 0 Å². The van der Waals surface area contributed by atoms with Gasteiger partial charge < -0.3 is 4.98 Å². The number of aromatic nitrogens is 2. The zero-order chi connectivity index (χ0) is 8.55. The third-order valence-corrected chi connectivity index (χ3v) is 2.57. The maximum absolute atomic E-state index is 4.28. The Bertz CT molecular complexity index is 386. The molecule has 0 unspecified atom stereocenters.